The summed E-state index contributed by atoms with van der Waals surface area (Å²) in [4.78, 5) is 37.3. The molecule has 0 spiro atoms. The molecular formula is C70H117NO8. The fraction of sp³-hybridized carbons (Fsp3) is 0.671. The first kappa shape index (κ1) is 74.7. The second-order valence-electron chi connectivity index (χ2n) is 21.9. The van der Waals surface area contributed by atoms with Crippen molar-refractivity contribution >= 4 is 17.9 Å². The van der Waals surface area contributed by atoms with Crippen LogP contribution in [0.5, 0.6) is 0 Å². The Morgan fingerprint density at radius 2 is 0.684 bits per heavy atom. The standard InChI is InChI=1S/C70H117NO8/c1-6-8-10-12-14-16-18-20-22-24-25-26-27-28-29-30-31-32-33-34-35-36-37-38-39-40-41-42-43-45-47-49-51-53-55-57-59-61-68(73)79-66(65-78-70(69(74)75)76-63-62-71(3,4)5)64-77-67(72)60-58-56-54-52-50-48-46-44-23-21-19-17-15-13-11-9-7-2/h8-11,14-17,20-23,25-26,28-29,31-32,46,48,66,70H,6-7,12-13,18-19,24,27,30,33-45,47,49-65H2,1-5H3/b10-8-,11-9-,16-14-,17-15-,22-20-,23-21-,26-25-,29-28-,32-31-,48-46-. The maximum absolute atomic E-state index is 12.9. The number of esters is 2. The number of likely N-dealkylation sites (N-methyl/N-ethyl adjacent to an activating group) is 1. The van der Waals surface area contributed by atoms with Crippen molar-refractivity contribution in [2.45, 2.75) is 257 Å². The van der Waals surface area contributed by atoms with Crippen molar-refractivity contribution in [3.05, 3.63) is 122 Å². The van der Waals surface area contributed by atoms with E-state index in [1.807, 2.05) is 21.1 Å². The molecule has 2 unspecified atom stereocenters. The fourth-order valence-electron chi connectivity index (χ4n) is 8.41. The minimum absolute atomic E-state index is 0.139. The van der Waals surface area contributed by atoms with E-state index in [4.69, 9.17) is 18.9 Å². The summed E-state index contributed by atoms with van der Waals surface area (Å²) in [7, 11) is 5.91. The molecule has 0 radical (unpaired) electrons. The normalized spacial score (nSPS) is 13.6. The molecule has 0 aromatic heterocycles. The quantitative estimate of drug-likeness (QED) is 0.0195. The van der Waals surface area contributed by atoms with Gasteiger partial charge in [0, 0.05) is 12.8 Å². The number of allylic oxidation sites excluding steroid dienone is 20. The van der Waals surface area contributed by atoms with E-state index in [-0.39, 0.29) is 38.6 Å². The number of nitrogens with zero attached hydrogens (tertiary/aromatic N) is 1. The molecular weight excluding hydrogens is 983 g/mol. The summed E-state index contributed by atoms with van der Waals surface area (Å²) in [5, 5.41) is 11.8. The molecule has 450 valence electrons. The lowest BCUT2D eigenvalue weighted by Gasteiger charge is -2.26. The Kier molecular flexibility index (Phi) is 56.5. The van der Waals surface area contributed by atoms with E-state index in [2.05, 4.69) is 135 Å². The van der Waals surface area contributed by atoms with Crippen molar-refractivity contribution in [1.29, 1.82) is 0 Å². The van der Waals surface area contributed by atoms with Gasteiger partial charge in [0.2, 0.25) is 0 Å². The first-order valence-corrected chi connectivity index (χ1v) is 31.7. The zero-order chi connectivity index (χ0) is 57.6. The van der Waals surface area contributed by atoms with Crippen LogP contribution in [0.4, 0.5) is 0 Å². The lowest BCUT2D eigenvalue weighted by molar-refractivity contribution is -0.870. The molecule has 79 heavy (non-hydrogen) atoms. The largest absolute Gasteiger partial charge is 0.545 e. The van der Waals surface area contributed by atoms with E-state index in [9.17, 15) is 19.5 Å². The SMILES string of the molecule is CC/C=C\C/C=C\C/C=C\C/C=C\C/C=C\C/C=C\CCCCCCCCCCCCCCCCCCCCC(=O)OC(COC(=O)CCCCCC/C=C\C/C=C\C/C=C\C/C=C\CC)COC(OCC[N+](C)(C)C)C(=O)[O-]. The fourth-order valence-corrected chi connectivity index (χ4v) is 8.41. The Labute approximate surface area is 485 Å². The second kappa shape index (κ2) is 59.8. The molecule has 9 heteroatoms. The van der Waals surface area contributed by atoms with E-state index >= 15 is 0 Å². The van der Waals surface area contributed by atoms with Gasteiger partial charge in [0.25, 0.3) is 0 Å². The summed E-state index contributed by atoms with van der Waals surface area (Å²) in [6.07, 6.45) is 81.3. The van der Waals surface area contributed by atoms with Crippen LogP contribution in [-0.2, 0) is 33.3 Å². The van der Waals surface area contributed by atoms with Gasteiger partial charge in [0.05, 0.1) is 40.3 Å². The van der Waals surface area contributed by atoms with Crippen molar-refractivity contribution in [1.82, 2.24) is 0 Å². The first-order chi connectivity index (χ1) is 38.6. The molecule has 9 nitrogen and oxygen atoms in total. The molecule has 0 aliphatic rings. The third-order valence-electron chi connectivity index (χ3n) is 13.2. The summed E-state index contributed by atoms with van der Waals surface area (Å²) >= 11 is 0. The second-order valence-corrected chi connectivity index (χ2v) is 21.9. The van der Waals surface area contributed by atoms with Crippen LogP contribution in [0.3, 0.4) is 0 Å². The van der Waals surface area contributed by atoms with Gasteiger partial charge in [0.15, 0.2) is 12.4 Å². The van der Waals surface area contributed by atoms with Crippen LogP contribution in [0.25, 0.3) is 0 Å². The van der Waals surface area contributed by atoms with Crippen molar-refractivity contribution < 1.29 is 42.9 Å². The maximum atomic E-state index is 12.9. The van der Waals surface area contributed by atoms with E-state index in [1.54, 1.807) is 0 Å². The Morgan fingerprint density at radius 1 is 0.380 bits per heavy atom. The number of hydrogen-bond acceptors (Lipinski definition) is 8. The van der Waals surface area contributed by atoms with Gasteiger partial charge >= 0.3 is 11.9 Å². The average Bonchev–Trinajstić information content (AvgIpc) is 3.42. The van der Waals surface area contributed by atoms with Crippen LogP contribution >= 0.6 is 0 Å². The molecule has 0 bridgehead atoms. The Morgan fingerprint density at radius 3 is 1.01 bits per heavy atom. The number of carboxylic acid groups (broad SMARTS) is 1. The van der Waals surface area contributed by atoms with E-state index in [0.717, 1.165) is 109 Å². The predicted octanol–water partition coefficient (Wildman–Crippen LogP) is 17.9. The van der Waals surface area contributed by atoms with E-state index in [0.29, 0.717) is 23.9 Å². The summed E-state index contributed by atoms with van der Waals surface area (Å²) < 4.78 is 22.7. The van der Waals surface area contributed by atoms with E-state index in [1.165, 1.54) is 96.3 Å². The number of carbonyl (C=O) groups is 3. The topological polar surface area (TPSA) is 111 Å². The van der Waals surface area contributed by atoms with Gasteiger partial charge in [-0.15, -0.1) is 0 Å². The molecule has 0 fully saturated rings. The number of rotatable bonds is 57. The number of quaternary nitrogens is 1. The highest BCUT2D eigenvalue weighted by atomic mass is 16.7. The highest BCUT2D eigenvalue weighted by molar-refractivity contribution is 5.70. The summed E-state index contributed by atoms with van der Waals surface area (Å²) in [6.45, 7) is 4.49. The lowest BCUT2D eigenvalue weighted by Crippen LogP contribution is -2.44. The zero-order valence-corrected chi connectivity index (χ0v) is 51.2. The minimum atomic E-state index is -1.63. The van der Waals surface area contributed by atoms with Crippen LogP contribution in [-0.4, -0.2) is 82.3 Å². The monoisotopic (exact) mass is 1100 g/mol. The number of carbonyl (C=O) groups excluding carboxylic acids is 3. The summed E-state index contributed by atoms with van der Waals surface area (Å²) in [6, 6.07) is 0. The molecule has 0 N–H and O–H groups in total. The number of hydrogen-bond donors (Lipinski definition) is 0. The van der Waals surface area contributed by atoms with Crippen LogP contribution < -0.4 is 5.11 Å². The highest BCUT2D eigenvalue weighted by Crippen LogP contribution is 2.16. The molecule has 0 aromatic rings. The van der Waals surface area contributed by atoms with E-state index < -0.39 is 24.3 Å². The highest BCUT2D eigenvalue weighted by Gasteiger charge is 2.22. The number of ether oxygens (including phenoxy) is 4. The maximum Gasteiger partial charge on any atom is 0.306 e. The van der Waals surface area contributed by atoms with Crippen molar-refractivity contribution in [2.75, 3.05) is 47.5 Å². The minimum Gasteiger partial charge on any atom is -0.545 e. The Balaban J connectivity index is 4.10. The van der Waals surface area contributed by atoms with Gasteiger partial charge in [-0.05, 0) is 103 Å². The van der Waals surface area contributed by atoms with Crippen LogP contribution in [0.2, 0.25) is 0 Å². The van der Waals surface area contributed by atoms with Crippen LogP contribution in [0.15, 0.2) is 122 Å². The molecule has 0 aliphatic heterocycles. The summed E-state index contributed by atoms with van der Waals surface area (Å²) in [5.74, 6) is -2.32. The Bertz CT molecular complexity index is 1710. The van der Waals surface area contributed by atoms with Crippen molar-refractivity contribution in [3.63, 3.8) is 0 Å². The number of aliphatic carboxylic acids is 1. The third kappa shape index (κ3) is 61.2. The van der Waals surface area contributed by atoms with Gasteiger partial charge in [-0.3, -0.25) is 9.59 Å². The average molecular weight is 1100 g/mol. The molecule has 0 saturated carbocycles. The molecule has 0 amide bonds. The smallest absolute Gasteiger partial charge is 0.306 e. The van der Waals surface area contributed by atoms with Gasteiger partial charge in [0.1, 0.15) is 13.2 Å². The first-order valence-electron chi connectivity index (χ1n) is 31.7. The molecule has 0 heterocycles. The lowest BCUT2D eigenvalue weighted by atomic mass is 10.0. The van der Waals surface area contributed by atoms with Gasteiger partial charge in [-0.2, -0.15) is 0 Å². The number of unbranched alkanes of at least 4 members (excludes halogenated alkanes) is 22. The van der Waals surface area contributed by atoms with Crippen molar-refractivity contribution in [2.24, 2.45) is 0 Å². The van der Waals surface area contributed by atoms with Gasteiger partial charge < -0.3 is 33.3 Å². The molecule has 0 aromatic carbocycles. The molecule has 0 rings (SSSR count). The van der Waals surface area contributed by atoms with Crippen molar-refractivity contribution in [3.8, 4) is 0 Å². The summed E-state index contributed by atoms with van der Waals surface area (Å²) in [5.41, 5.74) is 0. The van der Waals surface area contributed by atoms with Gasteiger partial charge in [-0.25, -0.2) is 0 Å². The number of carboxylic acids is 1. The zero-order valence-electron chi connectivity index (χ0n) is 51.2. The molecule has 2 atom stereocenters. The Hall–Kier alpha value is -4.31. The van der Waals surface area contributed by atoms with Crippen LogP contribution in [0.1, 0.15) is 245 Å². The third-order valence-corrected chi connectivity index (χ3v) is 13.2. The van der Waals surface area contributed by atoms with Gasteiger partial charge in [-0.1, -0.05) is 251 Å². The predicted molar refractivity (Wildman–Crippen MR) is 333 cm³/mol. The molecule has 0 aliphatic carbocycles. The molecule has 0 saturated heterocycles. The van der Waals surface area contributed by atoms with Crippen LogP contribution in [0, 0.1) is 0 Å².